The monoisotopic (exact) mass is 292 g/mol. The van der Waals surface area contributed by atoms with E-state index in [1.54, 1.807) is 20.3 Å². The maximum atomic E-state index is 12.2. The lowest BCUT2D eigenvalue weighted by Crippen LogP contribution is -2.35. The maximum Gasteiger partial charge on any atom is 0.222 e. The zero-order valence-corrected chi connectivity index (χ0v) is 12.9. The lowest BCUT2D eigenvalue weighted by atomic mass is 10.0. The van der Waals surface area contributed by atoms with Crippen LogP contribution < -0.4 is 15.2 Å². The van der Waals surface area contributed by atoms with Gasteiger partial charge in [0.05, 0.1) is 19.9 Å². The van der Waals surface area contributed by atoms with Crippen LogP contribution in [-0.2, 0) is 11.2 Å². The van der Waals surface area contributed by atoms with Crippen LogP contribution in [0.1, 0.15) is 31.2 Å². The molecule has 0 saturated carbocycles. The van der Waals surface area contributed by atoms with Crippen molar-refractivity contribution in [3.05, 3.63) is 17.7 Å². The molecule has 21 heavy (non-hydrogen) atoms. The van der Waals surface area contributed by atoms with E-state index in [1.165, 1.54) is 6.42 Å². The minimum atomic E-state index is 0.207. The van der Waals surface area contributed by atoms with Gasteiger partial charge in [0.1, 0.15) is 11.5 Å². The van der Waals surface area contributed by atoms with Gasteiger partial charge in [-0.25, -0.2) is 0 Å². The topological polar surface area (TPSA) is 64.8 Å². The molecule has 0 bridgehead atoms. The fraction of sp³-hybridized carbons (Fsp3) is 0.562. The number of nitrogens with zero attached hydrogens (tertiary/aromatic N) is 1. The number of hydrogen-bond donors (Lipinski definition) is 1. The van der Waals surface area contributed by atoms with Crippen LogP contribution in [0, 0.1) is 0 Å². The number of carbonyl (C=O) groups is 1. The van der Waals surface area contributed by atoms with Crippen LogP contribution >= 0.6 is 0 Å². The Labute approximate surface area is 126 Å². The minimum absolute atomic E-state index is 0.207. The van der Waals surface area contributed by atoms with Gasteiger partial charge in [0.15, 0.2) is 0 Å². The van der Waals surface area contributed by atoms with Crippen molar-refractivity contribution < 1.29 is 14.3 Å². The highest BCUT2D eigenvalue weighted by Gasteiger charge is 2.18. The molecule has 0 unspecified atom stereocenters. The summed E-state index contributed by atoms with van der Waals surface area (Å²) >= 11 is 0. The van der Waals surface area contributed by atoms with Crippen molar-refractivity contribution >= 4 is 11.6 Å². The molecule has 1 saturated heterocycles. The van der Waals surface area contributed by atoms with Gasteiger partial charge in [-0.1, -0.05) is 0 Å². The zero-order valence-electron chi connectivity index (χ0n) is 12.9. The van der Waals surface area contributed by atoms with Gasteiger partial charge in [-0.15, -0.1) is 0 Å². The number of nitrogens with two attached hydrogens (primary N) is 1. The first-order valence-corrected chi connectivity index (χ1v) is 7.44. The first kappa shape index (κ1) is 15.5. The number of methoxy groups -OCH3 is 2. The Hall–Kier alpha value is -1.91. The number of amides is 1. The van der Waals surface area contributed by atoms with Crippen molar-refractivity contribution in [2.75, 3.05) is 33.0 Å². The molecule has 0 aliphatic carbocycles. The molecule has 116 valence electrons. The van der Waals surface area contributed by atoms with E-state index in [-0.39, 0.29) is 5.91 Å². The average molecular weight is 292 g/mol. The van der Waals surface area contributed by atoms with Gasteiger partial charge in [0.2, 0.25) is 5.91 Å². The van der Waals surface area contributed by atoms with Gasteiger partial charge in [-0.05, 0) is 31.7 Å². The van der Waals surface area contributed by atoms with Crippen LogP contribution in [0.15, 0.2) is 12.1 Å². The number of benzene rings is 1. The Morgan fingerprint density at radius 1 is 1.19 bits per heavy atom. The summed E-state index contributed by atoms with van der Waals surface area (Å²) in [7, 11) is 3.19. The Bertz CT molecular complexity index is 497. The molecule has 0 spiro atoms. The molecular formula is C16H24N2O3. The van der Waals surface area contributed by atoms with E-state index in [0.29, 0.717) is 30.0 Å². The van der Waals surface area contributed by atoms with E-state index < -0.39 is 0 Å². The first-order chi connectivity index (χ1) is 10.2. The van der Waals surface area contributed by atoms with Crippen molar-refractivity contribution in [3.8, 4) is 11.5 Å². The smallest absolute Gasteiger partial charge is 0.222 e. The lowest BCUT2D eigenvalue weighted by molar-refractivity contribution is -0.132. The highest BCUT2D eigenvalue weighted by Crippen LogP contribution is 2.32. The van der Waals surface area contributed by atoms with E-state index in [1.807, 2.05) is 11.0 Å². The van der Waals surface area contributed by atoms with Crippen LogP contribution in [0.5, 0.6) is 11.5 Å². The number of piperidine rings is 1. The van der Waals surface area contributed by atoms with Gasteiger partial charge in [-0.3, -0.25) is 4.79 Å². The van der Waals surface area contributed by atoms with Gasteiger partial charge in [0, 0.05) is 31.1 Å². The van der Waals surface area contributed by atoms with Gasteiger partial charge < -0.3 is 20.1 Å². The number of aryl methyl sites for hydroxylation is 1. The van der Waals surface area contributed by atoms with E-state index in [4.69, 9.17) is 15.2 Å². The predicted octanol–water partition coefficient (Wildman–Crippen LogP) is 2.23. The van der Waals surface area contributed by atoms with Crippen LogP contribution in [0.3, 0.4) is 0 Å². The third-order valence-corrected chi connectivity index (χ3v) is 3.92. The fourth-order valence-electron chi connectivity index (χ4n) is 2.78. The van der Waals surface area contributed by atoms with Crippen LogP contribution in [-0.4, -0.2) is 38.1 Å². The van der Waals surface area contributed by atoms with Gasteiger partial charge in [-0.2, -0.15) is 0 Å². The Kier molecular flexibility index (Phi) is 5.31. The van der Waals surface area contributed by atoms with Crippen LogP contribution in [0.4, 0.5) is 5.69 Å². The zero-order chi connectivity index (χ0) is 15.2. The molecule has 1 fully saturated rings. The summed E-state index contributed by atoms with van der Waals surface area (Å²) in [5, 5.41) is 0. The molecular weight excluding hydrogens is 268 g/mol. The largest absolute Gasteiger partial charge is 0.497 e. The highest BCUT2D eigenvalue weighted by molar-refractivity contribution is 5.77. The van der Waals surface area contributed by atoms with E-state index in [9.17, 15) is 4.79 Å². The molecule has 0 radical (unpaired) electrons. The molecule has 2 N–H and O–H groups in total. The molecule has 1 amide bonds. The summed E-state index contributed by atoms with van der Waals surface area (Å²) in [5.74, 6) is 1.54. The summed E-state index contributed by atoms with van der Waals surface area (Å²) in [5.41, 5.74) is 7.41. The minimum Gasteiger partial charge on any atom is -0.497 e. The third-order valence-electron chi connectivity index (χ3n) is 3.92. The fourth-order valence-corrected chi connectivity index (χ4v) is 2.78. The van der Waals surface area contributed by atoms with Crippen molar-refractivity contribution in [2.45, 2.75) is 32.1 Å². The maximum absolute atomic E-state index is 12.2. The Balaban J connectivity index is 2.04. The number of likely N-dealkylation sites (tertiary alicyclic amines) is 1. The average Bonchev–Trinajstić information content (AvgIpc) is 2.52. The van der Waals surface area contributed by atoms with Gasteiger partial charge in [0.25, 0.3) is 0 Å². The normalized spacial score (nSPS) is 14.9. The molecule has 1 aromatic rings. The van der Waals surface area contributed by atoms with Crippen LogP contribution in [0.2, 0.25) is 0 Å². The molecule has 0 atom stereocenters. The molecule has 1 aliphatic rings. The second-order valence-corrected chi connectivity index (χ2v) is 5.35. The quantitative estimate of drug-likeness (QED) is 0.845. The molecule has 5 nitrogen and oxygen atoms in total. The second-order valence-electron chi connectivity index (χ2n) is 5.35. The Morgan fingerprint density at radius 3 is 2.52 bits per heavy atom. The number of carbonyl (C=O) groups excluding carboxylic acids is 1. The molecule has 0 aromatic heterocycles. The lowest BCUT2D eigenvalue weighted by Gasteiger charge is -2.26. The van der Waals surface area contributed by atoms with E-state index >= 15 is 0 Å². The summed E-state index contributed by atoms with van der Waals surface area (Å²) in [6, 6.07) is 3.62. The molecule has 2 rings (SSSR count). The van der Waals surface area contributed by atoms with Gasteiger partial charge >= 0.3 is 0 Å². The second kappa shape index (κ2) is 7.20. The summed E-state index contributed by atoms with van der Waals surface area (Å²) in [6.07, 6.45) is 4.54. The van der Waals surface area contributed by atoms with Crippen molar-refractivity contribution in [3.63, 3.8) is 0 Å². The van der Waals surface area contributed by atoms with E-state index in [0.717, 1.165) is 31.5 Å². The SMILES string of the molecule is COc1cc(N)c(OC)c(CCC(=O)N2CCCCC2)c1. The Morgan fingerprint density at radius 2 is 1.90 bits per heavy atom. The summed E-state index contributed by atoms with van der Waals surface area (Å²) in [6.45, 7) is 1.77. The van der Waals surface area contributed by atoms with Crippen LogP contribution in [0.25, 0.3) is 0 Å². The van der Waals surface area contributed by atoms with Crippen molar-refractivity contribution in [2.24, 2.45) is 0 Å². The highest BCUT2D eigenvalue weighted by atomic mass is 16.5. The number of hydrogen-bond acceptors (Lipinski definition) is 4. The summed E-state index contributed by atoms with van der Waals surface area (Å²) < 4.78 is 10.6. The van der Waals surface area contributed by atoms with Crippen molar-refractivity contribution in [1.82, 2.24) is 4.90 Å². The number of rotatable bonds is 5. The number of nitrogen functional groups attached to an aromatic ring is 1. The molecule has 1 aliphatic heterocycles. The van der Waals surface area contributed by atoms with E-state index in [2.05, 4.69) is 0 Å². The third kappa shape index (κ3) is 3.80. The predicted molar refractivity (Wildman–Crippen MR) is 82.7 cm³/mol. The number of ether oxygens (including phenoxy) is 2. The standard InChI is InChI=1S/C16H24N2O3/c1-20-13-10-12(16(21-2)14(17)11-13)6-7-15(19)18-8-4-3-5-9-18/h10-11H,3-9,17H2,1-2H3. The molecule has 1 aromatic carbocycles. The van der Waals surface area contributed by atoms with Crippen molar-refractivity contribution in [1.29, 1.82) is 0 Å². The number of anilines is 1. The molecule has 5 heteroatoms. The molecule has 1 heterocycles. The first-order valence-electron chi connectivity index (χ1n) is 7.44. The summed E-state index contributed by atoms with van der Waals surface area (Å²) in [4.78, 5) is 14.2.